The van der Waals surface area contributed by atoms with Crippen LogP contribution in [0.15, 0.2) is 39.9 Å². The maximum atomic E-state index is 13.0. The minimum atomic E-state index is -0.603. The number of amides is 1. The molecule has 2 heterocycles. The highest BCUT2D eigenvalue weighted by atomic mass is 16.2. The standard InChI is InChI=1S/C21H24N4O3/c1-5-25-18-17(20(27)24-21(25)28)15(10-16(23-18)12(2)3)19(26)22-11-14-9-7-6-8-13(14)4/h6-10,12H,5,11H2,1-4H3,(H,22,26)(H,24,27,28). The number of benzene rings is 1. The lowest BCUT2D eigenvalue weighted by Crippen LogP contribution is -2.33. The Labute approximate surface area is 162 Å². The molecule has 0 bridgehead atoms. The first-order valence-electron chi connectivity index (χ1n) is 9.34. The predicted molar refractivity (Wildman–Crippen MR) is 109 cm³/mol. The molecule has 2 aromatic heterocycles. The van der Waals surface area contributed by atoms with Gasteiger partial charge in [-0.15, -0.1) is 0 Å². The van der Waals surface area contributed by atoms with Crippen LogP contribution in [0.5, 0.6) is 0 Å². The first-order chi connectivity index (χ1) is 13.3. The summed E-state index contributed by atoms with van der Waals surface area (Å²) in [7, 11) is 0. The Kier molecular flexibility index (Phi) is 5.44. The van der Waals surface area contributed by atoms with Crippen molar-refractivity contribution < 1.29 is 4.79 Å². The van der Waals surface area contributed by atoms with Crippen molar-refractivity contribution in [1.82, 2.24) is 19.9 Å². The van der Waals surface area contributed by atoms with E-state index in [-0.39, 0.29) is 28.4 Å². The monoisotopic (exact) mass is 380 g/mol. The fourth-order valence-electron chi connectivity index (χ4n) is 3.14. The number of H-pyrrole nitrogens is 1. The highest BCUT2D eigenvalue weighted by molar-refractivity contribution is 6.05. The molecule has 3 aromatic rings. The lowest BCUT2D eigenvalue weighted by Gasteiger charge is -2.14. The molecule has 1 amide bonds. The van der Waals surface area contributed by atoms with Gasteiger partial charge in [-0.3, -0.25) is 19.1 Å². The molecule has 1 aromatic carbocycles. The fourth-order valence-corrected chi connectivity index (χ4v) is 3.14. The van der Waals surface area contributed by atoms with Gasteiger partial charge in [-0.1, -0.05) is 38.1 Å². The summed E-state index contributed by atoms with van der Waals surface area (Å²) < 4.78 is 1.38. The van der Waals surface area contributed by atoms with E-state index in [1.54, 1.807) is 13.0 Å². The molecule has 0 saturated heterocycles. The second-order valence-electron chi connectivity index (χ2n) is 7.06. The van der Waals surface area contributed by atoms with Crippen LogP contribution in [-0.4, -0.2) is 20.4 Å². The van der Waals surface area contributed by atoms with Crippen molar-refractivity contribution in [2.75, 3.05) is 0 Å². The molecule has 0 aliphatic rings. The van der Waals surface area contributed by atoms with Gasteiger partial charge >= 0.3 is 5.69 Å². The van der Waals surface area contributed by atoms with Gasteiger partial charge in [0, 0.05) is 18.8 Å². The van der Waals surface area contributed by atoms with Crippen molar-refractivity contribution in [2.45, 2.75) is 46.7 Å². The van der Waals surface area contributed by atoms with Crippen molar-refractivity contribution >= 4 is 16.9 Å². The SMILES string of the molecule is CCn1c(=O)[nH]c(=O)c2c(C(=O)NCc3ccccc3C)cc(C(C)C)nc21. The van der Waals surface area contributed by atoms with Crippen LogP contribution < -0.4 is 16.6 Å². The van der Waals surface area contributed by atoms with Crippen molar-refractivity contribution in [3.05, 3.63) is 73.6 Å². The number of nitrogens with one attached hydrogen (secondary N) is 2. The Balaban J connectivity index is 2.13. The molecule has 0 atom stereocenters. The number of carbonyl (C=O) groups is 1. The number of aromatic nitrogens is 3. The van der Waals surface area contributed by atoms with Crippen molar-refractivity contribution in [2.24, 2.45) is 0 Å². The maximum Gasteiger partial charge on any atom is 0.329 e. The number of aryl methyl sites for hydroxylation is 2. The fraction of sp³-hybridized carbons (Fsp3) is 0.333. The van der Waals surface area contributed by atoms with Gasteiger partial charge in [-0.2, -0.15) is 0 Å². The molecule has 0 radical (unpaired) electrons. The summed E-state index contributed by atoms with van der Waals surface area (Å²) in [6.07, 6.45) is 0. The third kappa shape index (κ3) is 3.60. The molecule has 146 valence electrons. The summed E-state index contributed by atoms with van der Waals surface area (Å²) in [6, 6.07) is 9.42. The van der Waals surface area contributed by atoms with E-state index in [1.165, 1.54) is 4.57 Å². The Bertz CT molecular complexity index is 1160. The molecule has 0 aliphatic heterocycles. The Hall–Kier alpha value is -3.22. The van der Waals surface area contributed by atoms with Crippen LogP contribution in [0.25, 0.3) is 11.0 Å². The number of aromatic amines is 1. The summed E-state index contributed by atoms with van der Waals surface area (Å²) in [5.74, 6) is -0.337. The second-order valence-corrected chi connectivity index (χ2v) is 7.06. The summed E-state index contributed by atoms with van der Waals surface area (Å²) in [4.78, 5) is 44.4. The Morgan fingerprint density at radius 2 is 1.96 bits per heavy atom. The van der Waals surface area contributed by atoms with Gasteiger partial charge < -0.3 is 5.32 Å². The van der Waals surface area contributed by atoms with E-state index in [9.17, 15) is 14.4 Å². The number of hydrogen-bond donors (Lipinski definition) is 2. The van der Waals surface area contributed by atoms with Gasteiger partial charge in [-0.05, 0) is 37.0 Å². The molecule has 0 fully saturated rings. The molecular formula is C21H24N4O3. The number of hydrogen-bond acceptors (Lipinski definition) is 4. The van der Waals surface area contributed by atoms with Gasteiger partial charge in [0.25, 0.3) is 11.5 Å². The van der Waals surface area contributed by atoms with Gasteiger partial charge in [0.2, 0.25) is 0 Å². The number of fused-ring (bicyclic) bond motifs is 1. The smallest absolute Gasteiger partial charge is 0.329 e. The number of pyridine rings is 1. The molecule has 2 N–H and O–H groups in total. The minimum absolute atomic E-state index is 0.0343. The molecule has 0 unspecified atom stereocenters. The molecule has 0 aliphatic carbocycles. The molecule has 7 nitrogen and oxygen atoms in total. The van der Waals surface area contributed by atoms with Gasteiger partial charge in [0.15, 0.2) is 5.65 Å². The largest absolute Gasteiger partial charge is 0.348 e. The molecule has 0 spiro atoms. The predicted octanol–water partition coefficient (Wildman–Crippen LogP) is 2.47. The molecular weight excluding hydrogens is 356 g/mol. The highest BCUT2D eigenvalue weighted by Gasteiger charge is 2.20. The van der Waals surface area contributed by atoms with Crippen LogP contribution in [0.3, 0.4) is 0 Å². The highest BCUT2D eigenvalue weighted by Crippen LogP contribution is 2.20. The lowest BCUT2D eigenvalue weighted by molar-refractivity contribution is 0.0952. The van der Waals surface area contributed by atoms with Gasteiger partial charge in [0.1, 0.15) is 0 Å². The van der Waals surface area contributed by atoms with E-state index in [4.69, 9.17) is 0 Å². The van der Waals surface area contributed by atoms with Crippen molar-refractivity contribution in [1.29, 1.82) is 0 Å². The van der Waals surface area contributed by atoms with E-state index < -0.39 is 11.2 Å². The molecule has 0 saturated carbocycles. The van der Waals surface area contributed by atoms with Crippen molar-refractivity contribution in [3.63, 3.8) is 0 Å². The van der Waals surface area contributed by atoms with Crippen LogP contribution in [0.2, 0.25) is 0 Å². The first kappa shape index (κ1) is 19.5. The zero-order valence-electron chi connectivity index (χ0n) is 16.5. The van der Waals surface area contributed by atoms with E-state index in [2.05, 4.69) is 15.3 Å². The summed E-state index contributed by atoms with van der Waals surface area (Å²) in [5, 5.41) is 3.02. The van der Waals surface area contributed by atoms with Crippen LogP contribution in [-0.2, 0) is 13.1 Å². The third-order valence-electron chi connectivity index (χ3n) is 4.82. The topological polar surface area (TPSA) is 96.9 Å². The molecule has 28 heavy (non-hydrogen) atoms. The van der Waals surface area contributed by atoms with Crippen LogP contribution >= 0.6 is 0 Å². The molecule has 3 rings (SSSR count). The van der Waals surface area contributed by atoms with Crippen LogP contribution in [0.1, 0.15) is 53.9 Å². The number of carbonyl (C=O) groups excluding carboxylic acids is 1. The van der Waals surface area contributed by atoms with Gasteiger partial charge in [0.05, 0.1) is 10.9 Å². The quantitative estimate of drug-likeness (QED) is 0.711. The van der Waals surface area contributed by atoms with E-state index in [0.717, 1.165) is 11.1 Å². The third-order valence-corrected chi connectivity index (χ3v) is 4.82. The van der Waals surface area contributed by atoms with Gasteiger partial charge in [-0.25, -0.2) is 9.78 Å². The summed E-state index contributed by atoms with van der Waals surface area (Å²) >= 11 is 0. The normalized spacial score (nSPS) is 11.2. The molecule has 7 heteroatoms. The Morgan fingerprint density at radius 1 is 1.25 bits per heavy atom. The zero-order valence-corrected chi connectivity index (χ0v) is 16.5. The Morgan fingerprint density at radius 3 is 2.61 bits per heavy atom. The van der Waals surface area contributed by atoms with Crippen molar-refractivity contribution in [3.8, 4) is 0 Å². The second kappa shape index (κ2) is 7.80. The zero-order chi connectivity index (χ0) is 20.4. The van der Waals surface area contributed by atoms with E-state index >= 15 is 0 Å². The summed E-state index contributed by atoms with van der Waals surface area (Å²) in [5.41, 5.74) is 2.06. The number of rotatable bonds is 5. The van der Waals surface area contributed by atoms with E-state index in [0.29, 0.717) is 18.8 Å². The summed E-state index contributed by atoms with van der Waals surface area (Å²) in [6.45, 7) is 8.35. The van der Waals surface area contributed by atoms with Crippen LogP contribution in [0, 0.1) is 6.92 Å². The average molecular weight is 380 g/mol. The maximum absolute atomic E-state index is 13.0. The average Bonchev–Trinajstić information content (AvgIpc) is 2.66. The lowest BCUT2D eigenvalue weighted by atomic mass is 10.0. The number of nitrogens with zero attached hydrogens (tertiary/aromatic N) is 2. The van der Waals surface area contributed by atoms with E-state index in [1.807, 2.05) is 45.0 Å². The van der Waals surface area contributed by atoms with Crippen LogP contribution in [0.4, 0.5) is 0 Å². The minimum Gasteiger partial charge on any atom is -0.348 e. The first-order valence-corrected chi connectivity index (χ1v) is 9.34.